The van der Waals surface area contributed by atoms with Crippen molar-refractivity contribution in [1.82, 2.24) is 10.3 Å². The summed E-state index contributed by atoms with van der Waals surface area (Å²) in [4.78, 5) is 4.41. The second-order valence-corrected chi connectivity index (χ2v) is 8.03. The number of piperidine rings is 1. The van der Waals surface area contributed by atoms with Crippen molar-refractivity contribution < 1.29 is 18.3 Å². The van der Waals surface area contributed by atoms with Crippen molar-refractivity contribution in [2.24, 2.45) is 5.92 Å². The van der Waals surface area contributed by atoms with E-state index in [-0.39, 0.29) is 11.6 Å². The number of pyridine rings is 1. The van der Waals surface area contributed by atoms with Gasteiger partial charge in [-0.25, -0.2) is 4.98 Å². The van der Waals surface area contributed by atoms with Crippen LogP contribution in [0.15, 0.2) is 42.5 Å². The van der Waals surface area contributed by atoms with E-state index in [0.717, 1.165) is 43.9 Å². The number of hydrogen-bond acceptors (Lipinski definition) is 3. The fourth-order valence-electron chi connectivity index (χ4n) is 4.18. The molecule has 3 nitrogen and oxygen atoms in total. The Morgan fingerprint density at radius 3 is 2.72 bits per heavy atom. The first-order valence-electron chi connectivity index (χ1n) is 10.2. The number of aliphatic hydroxyl groups is 1. The van der Waals surface area contributed by atoms with E-state index in [1.165, 1.54) is 6.07 Å². The molecule has 3 unspecified atom stereocenters. The van der Waals surface area contributed by atoms with E-state index in [1.807, 2.05) is 18.2 Å². The minimum absolute atomic E-state index is 0.102. The van der Waals surface area contributed by atoms with Gasteiger partial charge in [0.2, 0.25) is 0 Å². The lowest BCUT2D eigenvalue weighted by molar-refractivity contribution is -0.136. The molecule has 2 aromatic rings. The van der Waals surface area contributed by atoms with Crippen LogP contribution >= 0.6 is 0 Å². The van der Waals surface area contributed by atoms with E-state index < -0.39 is 17.8 Å². The van der Waals surface area contributed by atoms with Crippen LogP contribution in [0.2, 0.25) is 0 Å². The van der Waals surface area contributed by atoms with Crippen LogP contribution in [-0.4, -0.2) is 22.7 Å². The number of alkyl halides is 3. The van der Waals surface area contributed by atoms with Crippen LogP contribution in [0.5, 0.6) is 0 Å². The number of para-hydroxylation sites is 1. The molecule has 0 amide bonds. The highest BCUT2D eigenvalue weighted by molar-refractivity contribution is 5.89. The quantitative estimate of drug-likeness (QED) is 0.722. The summed E-state index contributed by atoms with van der Waals surface area (Å²) in [6, 6.07) is 5.65. The van der Waals surface area contributed by atoms with Gasteiger partial charge in [0, 0.05) is 11.4 Å². The van der Waals surface area contributed by atoms with Gasteiger partial charge in [-0.2, -0.15) is 13.2 Å². The average Bonchev–Trinajstić information content (AvgIpc) is 2.72. The van der Waals surface area contributed by atoms with Crippen molar-refractivity contribution in [2.45, 2.75) is 50.9 Å². The molecule has 1 aliphatic heterocycles. The molecule has 0 spiro atoms. The number of aromatic nitrogens is 1. The first-order chi connectivity index (χ1) is 13.8. The van der Waals surface area contributed by atoms with Crippen LogP contribution in [0, 0.1) is 5.92 Å². The van der Waals surface area contributed by atoms with E-state index >= 15 is 0 Å². The molecule has 4 rings (SSSR count). The third-order valence-electron chi connectivity index (χ3n) is 5.83. The van der Waals surface area contributed by atoms with Crippen molar-refractivity contribution >= 4 is 16.5 Å². The fourth-order valence-corrected chi connectivity index (χ4v) is 4.18. The predicted molar refractivity (Wildman–Crippen MR) is 108 cm³/mol. The van der Waals surface area contributed by atoms with Gasteiger partial charge in [0.1, 0.15) is 0 Å². The molecule has 29 heavy (non-hydrogen) atoms. The van der Waals surface area contributed by atoms with E-state index in [2.05, 4.69) is 17.2 Å². The molecule has 2 aliphatic rings. The zero-order valence-corrected chi connectivity index (χ0v) is 16.3. The Labute approximate surface area is 168 Å². The molecular formula is C23H25F3N2O. The minimum atomic E-state index is -4.51. The lowest BCUT2D eigenvalue weighted by atomic mass is 9.90. The molecule has 2 N–H and O–H groups in total. The molecule has 1 aromatic heterocycles. The van der Waals surface area contributed by atoms with E-state index in [0.29, 0.717) is 22.6 Å². The third-order valence-corrected chi connectivity index (χ3v) is 5.83. The summed E-state index contributed by atoms with van der Waals surface area (Å²) in [5.74, 6) is 0.390. The maximum absolute atomic E-state index is 13.7. The molecule has 1 aromatic carbocycles. The highest BCUT2D eigenvalue weighted by Gasteiger charge is 2.34. The summed E-state index contributed by atoms with van der Waals surface area (Å²) >= 11 is 0. The van der Waals surface area contributed by atoms with E-state index in [4.69, 9.17) is 0 Å². The fraction of sp³-hybridized carbons (Fsp3) is 0.435. The van der Waals surface area contributed by atoms with Gasteiger partial charge in [-0.1, -0.05) is 43.7 Å². The van der Waals surface area contributed by atoms with Crippen LogP contribution < -0.4 is 5.32 Å². The predicted octanol–water partition coefficient (Wildman–Crippen LogP) is 5.41. The number of benzene rings is 1. The van der Waals surface area contributed by atoms with Crippen LogP contribution in [0.1, 0.15) is 55.5 Å². The average molecular weight is 402 g/mol. The molecule has 6 heteroatoms. The molecule has 3 atom stereocenters. The van der Waals surface area contributed by atoms with Gasteiger partial charge < -0.3 is 10.4 Å². The Morgan fingerprint density at radius 1 is 1.24 bits per heavy atom. The van der Waals surface area contributed by atoms with Crippen molar-refractivity contribution in [3.63, 3.8) is 0 Å². The second-order valence-electron chi connectivity index (χ2n) is 8.03. The Bertz CT molecular complexity index is 958. The van der Waals surface area contributed by atoms with E-state index in [9.17, 15) is 18.3 Å². The third kappa shape index (κ3) is 4.09. The van der Waals surface area contributed by atoms with Gasteiger partial charge in [0.15, 0.2) is 0 Å². The van der Waals surface area contributed by atoms with Gasteiger partial charge in [-0.15, -0.1) is 0 Å². The number of hydrogen-bond donors (Lipinski definition) is 2. The standard InChI is InChI=1S/C23H25F3N2O/c1-14-8-10-15(11-9-14)20-13-17(22(29)19-7-2-3-12-27-19)16-5-4-6-18(21(16)28-20)23(24,25)26/h4-6,8,10-11,13-14,19,22,27,29H,2-3,7,9,12H2,1H3. The first kappa shape index (κ1) is 20.1. The smallest absolute Gasteiger partial charge is 0.387 e. The number of nitrogens with one attached hydrogen (secondary N) is 1. The summed E-state index contributed by atoms with van der Waals surface area (Å²) in [6.07, 6.45) is 4.18. The minimum Gasteiger partial charge on any atom is -0.387 e. The molecule has 1 fully saturated rings. The number of allylic oxidation sites excluding steroid dienone is 4. The van der Waals surface area contributed by atoms with Crippen LogP contribution in [0.4, 0.5) is 13.2 Å². The molecule has 0 saturated carbocycles. The molecule has 0 bridgehead atoms. The van der Waals surface area contributed by atoms with Crippen LogP contribution in [0.25, 0.3) is 16.5 Å². The number of nitrogens with zero attached hydrogens (tertiary/aromatic N) is 1. The molecule has 154 valence electrons. The first-order valence-corrected chi connectivity index (χ1v) is 10.2. The molecule has 1 saturated heterocycles. The number of aliphatic hydroxyl groups excluding tert-OH is 1. The Balaban J connectivity index is 1.89. The number of fused-ring (bicyclic) bond motifs is 1. The summed E-state index contributed by atoms with van der Waals surface area (Å²) in [7, 11) is 0. The Hall–Kier alpha value is -2.18. The van der Waals surface area contributed by atoms with Crippen LogP contribution in [0.3, 0.4) is 0 Å². The molecular weight excluding hydrogens is 377 g/mol. The zero-order chi connectivity index (χ0) is 20.6. The maximum Gasteiger partial charge on any atom is 0.418 e. The maximum atomic E-state index is 13.7. The summed E-state index contributed by atoms with van der Waals surface area (Å²) < 4.78 is 41.1. The van der Waals surface area contributed by atoms with Gasteiger partial charge in [-0.3, -0.25) is 0 Å². The summed E-state index contributed by atoms with van der Waals surface area (Å²) in [5.41, 5.74) is 0.906. The van der Waals surface area contributed by atoms with Crippen molar-refractivity contribution in [2.75, 3.05) is 6.54 Å². The Morgan fingerprint density at radius 2 is 2.07 bits per heavy atom. The lowest BCUT2D eigenvalue weighted by Crippen LogP contribution is -2.38. The lowest BCUT2D eigenvalue weighted by Gasteiger charge is -2.29. The molecule has 1 aliphatic carbocycles. The monoisotopic (exact) mass is 402 g/mol. The number of halogens is 3. The molecule has 0 radical (unpaired) electrons. The van der Waals surface area contributed by atoms with Crippen molar-refractivity contribution in [1.29, 1.82) is 0 Å². The Kier molecular flexibility index (Phi) is 5.49. The highest BCUT2D eigenvalue weighted by Crippen LogP contribution is 2.38. The number of rotatable bonds is 3. The van der Waals surface area contributed by atoms with Crippen molar-refractivity contribution in [3.8, 4) is 0 Å². The summed E-state index contributed by atoms with van der Waals surface area (Å²) in [5, 5.41) is 14.8. The second kappa shape index (κ2) is 7.92. The summed E-state index contributed by atoms with van der Waals surface area (Å²) in [6.45, 7) is 2.89. The van der Waals surface area contributed by atoms with Crippen LogP contribution in [-0.2, 0) is 6.18 Å². The van der Waals surface area contributed by atoms with E-state index in [1.54, 1.807) is 12.1 Å². The van der Waals surface area contributed by atoms with Gasteiger partial charge >= 0.3 is 6.18 Å². The highest BCUT2D eigenvalue weighted by atomic mass is 19.4. The van der Waals surface area contributed by atoms with Gasteiger partial charge in [0.05, 0.1) is 22.9 Å². The van der Waals surface area contributed by atoms with Gasteiger partial charge in [-0.05, 0) is 55.0 Å². The molecule has 2 heterocycles. The largest absolute Gasteiger partial charge is 0.418 e. The normalized spacial score (nSPS) is 23.8. The zero-order valence-electron chi connectivity index (χ0n) is 16.3. The topological polar surface area (TPSA) is 45.1 Å². The van der Waals surface area contributed by atoms with Crippen molar-refractivity contribution in [3.05, 3.63) is 59.3 Å². The SMILES string of the molecule is CC1C=CC(c2cc(C(O)C3CCCCN3)c3cccc(C(F)(F)F)c3n2)=CC1. The van der Waals surface area contributed by atoms with Gasteiger partial charge in [0.25, 0.3) is 0 Å².